The topological polar surface area (TPSA) is 95.4 Å². The molecule has 1 atom stereocenters. The molecule has 9 heteroatoms. The van der Waals surface area contributed by atoms with Gasteiger partial charge in [0.05, 0.1) is 23.4 Å². The number of ether oxygens (including phenoxy) is 1. The molecule has 1 aliphatic rings. The van der Waals surface area contributed by atoms with Crippen LogP contribution >= 0.6 is 27.5 Å². The lowest BCUT2D eigenvalue weighted by Crippen LogP contribution is -2.27. The van der Waals surface area contributed by atoms with E-state index >= 15 is 0 Å². The summed E-state index contributed by atoms with van der Waals surface area (Å²) in [6.45, 7) is 0.594. The number of benzene rings is 1. The minimum atomic E-state index is -0.557. The van der Waals surface area contributed by atoms with Gasteiger partial charge < -0.3 is 9.64 Å². The Labute approximate surface area is 139 Å². The molecule has 116 valence electrons. The van der Waals surface area contributed by atoms with Gasteiger partial charge in [0.2, 0.25) is 5.91 Å². The van der Waals surface area contributed by atoms with Gasteiger partial charge in [-0.3, -0.25) is 4.79 Å². The Morgan fingerprint density at radius 3 is 3.00 bits per heavy atom. The monoisotopic (exact) mass is 386 g/mol. The molecule has 0 aromatic heterocycles. The second-order valence-corrected chi connectivity index (χ2v) is 6.02. The fraction of sp³-hybridized carbons (Fsp3) is 0.385. The van der Waals surface area contributed by atoms with Crippen LogP contribution in [-0.4, -0.2) is 32.1 Å². The van der Waals surface area contributed by atoms with Crippen molar-refractivity contribution in [1.82, 2.24) is 0 Å². The van der Waals surface area contributed by atoms with Crippen molar-refractivity contribution < 1.29 is 14.3 Å². The first-order chi connectivity index (χ1) is 10.5. The van der Waals surface area contributed by atoms with Crippen LogP contribution in [0.5, 0.6) is 0 Å². The van der Waals surface area contributed by atoms with Crippen molar-refractivity contribution in [3.8, 4) is 0 Å². The molecule has 0 radical (unpaired) electrons. The number of rotatable bonds is 4. The number of hydrogen-bond acceptors (Lipinski definition) is 4. The summed E-state index contributed by atoms with van der Waals surface area (Å²) in [5.74, 6) is -0.795. The van der Waals surface area contributed by atoms with Gasteiger partial charge in [-0.25, -0.2) is 4.79 Å². The lowest BCUT2D eigenvalue weighted by Gasteiger charge is -2.20. The van der Waals surface area contributed by atoms with Gasteiger partial charge >= 0.3 is 5.97 Å². The normalized spacial score (nSPS) is 17.3. The fourth-order valence-electron chi connectivity index (χ4n) is 2.32. The van der Waals surface area contributed by atoms with E-state index in [1.807, 2.05) is 0 Å². The number of anilines is 1. The summed E-state index contributed by atoms with van der Waals surface area (Å²) in [5.41, 5.74) is 9.01. The van der Waals surface area contributed by atoms with Gasteiger partial charge in [-0.2, -0.15) is 0 Å². The van der Waals surface area contributed by atoms with Crippen molar-refractivity contribution in [1.29, 1.82) is 0 Å². The third kappa shape index (κ3) is 3.35. The number of carbonyl (C=O) groups is 2. The number of esters is 1. The van der Waals surface area contributed by atoms with E-state index in [9.17, 15) is 9.59 Å². The lowest BCUT2D eigenvalue weighted by molar-refractivity contribution is -0.117. The highest BCUT2D eigenvalue weighted by Crippen LogP contribution is 2.35. The molecule has 1 saturated heterocycles. The molecule has 0 bridgehead atoms. The fourth-order valence-corrected chi connectivity index (χ4v) is 2.82. The van der Waals surface area contributed by atoms with Crippen LogP contribution < -0.4 is 4.90 Å². The largest absolute Gasteiger partial charge is 0.465 e. The Morgan fingerprint density at radius 1 is 1.64 bits per heavy atom. The highest BCUT2D eigenvalue weighted by molar-refractivity contribution is 9.10. The average molecular weight is 388 g/mol. The highest BCUT2D eigenvalue weighted by atomic mass is 79.9. The molecule has 1 aliphatic heterocycles. The molecule has 0 aliphatic carbocycles. The first-order valence-corrected chi connectivity index (χ1v) is 7.53. The Bertz CT molecular complexity index is 675. The summed E-state index contributed by atoms with van der Waals surface area (Å²) in [7, 11) is 1.27. The van der Waals surface area contributed by atoms with E-state index < -0.39 is 5.97 Å². The van der Waals surface area contributed by atoms with Crippen molar-refractivity contribution >= 4 is 45.1 Å². The van der Waals surface area contributed by atoms with Crippen LogP contribution in [0.2, 0.25) is 5.02 Å². The number of amides is 1. The zero-order valence-corrected chi connectivity index (χ0v) is 14.0. The molecule has 22 heavy (non-hydrogen) atoms. The van der Waals surface area contributed by atoms with E-state index in [2.05, 4.69) is 26.0 Å². The zero-order valence-electron chi connectivity index (χ0n) is 11.6. The maximum atomic E-state index is 12.2. The number of carbonyl (C=O) groups excluding carboxylic acids is 2. The van der Waals surface area contributed by atoms with Crippen molar-refractivity contribution in [2.75, 3.05) is 25.1 Å². The first kappa shape index (κ1) is 16.6. The van der Waals surface area contributed by atoms with Crippen LogP contribution in [0.15, 0.2) is 21.7 Å². The average Bonchev–Trinajstić information content (AvgIpc) is 2.87. The van der Waals surface area contributed by atoms with Gasteiger partial charge in [-0.1, -0.05) is 16.7 Å². The summed E-state index contributed by atoms with van der Waals surface area (Å²) >= 11 is 9.33. The standard InChI is InChI=1S/C13H12BrClN4O3/c1-22-13(21)8-3-9(14)10(15)4-11(8)19-6-7(2-12(19)20)5-17-18-16/h3-4,7H,2,5-6H2,1H3. The third-order valence-corrected chi connectivity index (χ3v) is 4.54. The Kier molecular flexibility index (Phi) is 5.28. The third-order valence-electron chi connectivity index (χ3n) is 3.34. The van der Waals surface area contributed by atoms with Crippen LogP contribution in [0.3, 0.4) is 0 Å². The SMILES string of the molecule is COC(=O)c1cc(Br)c(Cl)cc1N1CC(CN=[N+]=[N-])CC1=O. The molecule has 1 fully saturated rings. The number of methoxy groups -OCH3 is 1. The van der Waals surface area contributed by atoms with Crippen LogP contribution in [-0.2, 0) is 9.53 Å². The molecule has 0 saturated carbocycles. The summed E-state index contributed by atoms with van der Waals surface area (Å²) in [6.07, 6.45) is 0.257. The maximum absolute atomic E-state index is 12.2. The number of azide groups is 1. The van der Waals surface area contributed by atoms with Gasteiger partial charge in [-0.15, -0.1) is 0 Å². The highest BCUT2D eigenvalue weighted by Gasteiger charge is 2.33. The molecule has 1 aromatic carbocycles. The molecule has 1 amide bonds. The molecule has 0 spiro atoms. The molecule has 2 rings (SSSR count). The van der Waals surface area contributed by atoms with Crippen LogP contribution in [0.1, 0.15) is 16.8 Å². The number of nitrogens with zero attached hydrogens (tertiary/aromatic N) is 4. The van der Waals surface area contributed by atoms with Gasteiger partial charge in [0.25, 0.3) is 0 Å². The second-order valence-electron chi connectivity index (χ2n) is 4.76. The Balaban J connectivity index is 2.39. The zero-order chi connectivity index (χ0) is 16.3. The first-order valence-electron chi connectivity index (χ1n) is 6.36. The smallest absolute Gasteiger partial charge is 0.340 e. The van der Waals surface area contributed by atoms with Crippen molar-refractivity contribution in [3.63, 3.8) is 0 Å². The van der Waals surface area contributed by atoms with Crippen LogP contribution in [0.25, 0.3) is 10.4 Å². The lowest BCUT2D eigenvalue weighted by atomic mass is 10.1. The van der Waals surface area contributed by atoms with E-state index in [1.165, 1.54) is 18.1 Å². The van der Waals surface area contributed by atoms with Crippen molar-refractivity contribution in [2.24, 2.45) is 11.0 Å². The van der Waals surface area contributed by atoms with Gasteiger partial charge in [0.15, 0.2) is 0 Å². The van der Waals surface area contributed by atoms with E-state index in [4.69, 9.17) is 21.9 Å². The molecule has 0 N–H and O–H groups in total. The molecular formula is C13H12BrClN4O3. The van der Waals surface area contributed by atoms with E-state index in [-0.39, 0.29) is 30.4 Å². The van der Waals surface area contributed by atoms with Crippen molar-refractivity contribution in [2.45, 2.75) is 6.42 Å². The predicted molar refractivity (Wildman–Crippen MR) is 85.0 cm³/mol. The summed E-state index contributed by atoms with van der Waals surface area (Å²) in [6, 6.07) is 3.07. The predicted octanol–water partition coefficient (Wildman–Crippen LogP) is 3.55. The Morgan fingerprint density at radius 2 is 2.36 bits per heavy atom. The Hall–Kier alpha value is -1.76. The minimum absolute atomic E-state index is 0.0867. The van der Waals surface area contributed by atoms with Crippen molar-refractivity contribution in [3.05, 3.63) is 37.6 Å². The van der Waals surface area contributed by atoms with Gasteiger partial charge in [-0.05, 0) is 39.5 Å². The molecule has 1 unspecified atom stereocenters. The minimum Gasteiger partial charge on any atom is -0.465 e. The van der Waals surface area contributed by atoms with Crippen LogP contribution in [0.4, 0.5) is 5.69 Å². The molecule has 1 aromatic rings. The second kappa shape index (κ2) is 7.00. The van der Waals surface area contributed by atoms with E-state index in [0.29, 0.717) is 21.7 Å². The molecule has 7 nitrogen and oxygen atoms in total. The quantitative estimate of drug-likeness (QED) is 0.342. The van der Waals surface area contributed by atoms with E-state index in [1.54, 1.807) is 6.07 Å². The van der Waals surface area contributed by atoms with E-state index in [0.717, 1.165) is 0 Å². The molecule has 1 heterocycles. The van der Waals surface area contributed by atoms with Crippen LogP contribution in [0, 0.1) is 5.92 Å². The summed E-state index contributed by atoms with van der Waals surface area (Å²) in [5, 5.41) is 3.88. The summed E-state index contributed by atoms with van der Waals surface area (Å²) in [4.78, 5) is 28.3. The van der Waals surface area contributed by atoms with Gasteiger partial charge in [0.1, 0.15) is 0 Å². The number of hydrogen-bond donors (Lipinski definition) is 0. The number of halogens is 2. The maximum Gasteiger partial charge on any atom is 0.340 e. The molecular weight excluding hydrogens is 376 g/mol. The van der Waals surface area contributed by atoms with Gasteiger partial charge in [0, 0.05) is 28.9 Å². The summed E-state index contributed by atoms with van der Waals surface area (Å²) < 4.78 is 5.29.